The van der Waals surface area contributed by atoms with E-state index in [4.69, 9.17) is 4.74 Å². The Bertz CT molecular complexity index is 380. The van der Waals surface area contributed by atoms with Crippen molar-refractivity contribution in [2.24, 2.45) is 0 Å². The number of halogens is 1. The Labute approximate surface area is 123 Å². The van der Waals surface area contributed by atoms with Gasteiger partial charge in [-0.25, -0.2) is 0 Å². The lowest BCUT2D eigenvalue weighted by molar-refractivity contribution is -0.0195. The number of anilines is 1. The molecule has 1 aromatic carbocycles. The fourth-order valence-corrected chi connectivity index (χ4v) is 2.77. The second-order valence-corrected chi connectivity index (χ2v) is 6.05. The zero-order chi connectivity index (χ0) is 13.5. The first kappa shape index (κ1) is 14.8. The highest BCUT2D eigenvalue weighted by Crippen LogP contribution is 2.20. The molecular formula is C15H22BrNO2. The Morgan fingerprint density at radius 3 is 2.84 bits per heavy atom. The van der Waals surface area contributed by atoms with Crippen LogP contribution in [0.1, 0.15) is 32.1 Å². The third-order valence-electron chi connectivity index (χ3n) is 3.44. The highest BCUT2D eigenvalue weighted by molar-refractivity contribution is 9.10. The van der Waals surface area contributed by atoms with E-state index in [0.717, 1.165) is 23.0 Å². The topological polar surface area (TPSA) is 41.5 Å². The Morgan fingerprint density at radius 1 is 1.32 bits per heavy atom. The van der Waals surface area contributed by atoms with Gasteiger partial charge in [0.1, 0.15) is 0 Å². The molecule has 2 N–H and O–H groups in total. The van der Waals surface area contributed by atoms with Gasteiger partial charge in [0, 0.05) is 16.7 Å². The predicted molar refractivity (Wildman–Crippen MR) is 81.5 cm³/mol. The molecule has 4 heteroatoms. The maximum Gasteiger partial charge on any atom is 0.0945 e. The Morgan fingerprint density at radius 2 is 2.11 bits per heavy atom. The number of ether oxygens (including phenoxy) is 1. The first-order chi connectivity index (χ1) is 9.24. The molecule has 106 valence electrons. The minimum Gasteiger partial charge on any atom is -0.389 e. The summed E-state index contributed by atoms with van der Waals surface area (Å²) in [5.74, 6) is 0. The van der Waals surface area contributed by atoms with Crippen molar-refractivity contribution in [2.75, 3.05) is 18.5 Å². The van der Waals surface area contributed by atoms with Gasteiger partial charge in [-0.15, -0.1) is 0 Å². The first-order valence-electron chi connectivity index (χ1n) is 7.03. The minimum absolute atomic E-state index is 0.356. The highest BCUT2D eigenvalue weighted by Gasteiger charge is 2.15. The summed E-state index contributed by atoms with van der Waals surface area (Å²) in [4.78, 5) is 0. The average Bonchev–Trinajstić information content (AvgIpc) is 2.44. The standard InChI is InChI=1S/C15H22BrNO2/c16-12-5-4-6-13(9-12)17-10-14(18)11-19-15-7-2-1-3-8-15/h4-6,9,14-15,17-18H,1-3,7-8,10-11H2. The van der Waals surface area contributed by atoms with Crippen LogP contribution in [0.5, 0.6) is 0 Å². The van der Waals surface area contributed by atoms with Crippen LogP contribution in [-0.2, 0) is 4.74 Å². The summed E-state index contributed by atoms with van der Waals surface area (Å²) in [6.07, 6.45) is 6.04. The van der Waals surface area contributed by atoms with Crippen molar-refractivity contribution >= 4 is 21.6 Å². The van der Waals surface area contributed by atoms with Gasteiger partial charge >= 0.3 is 0 Å². The zero-order valence-electron chi connectivity index (χ0n) is 11.1. The average molecular weight is 328 g/mol. The number of aliphatic hydroxyl groups excluding tert-OH is 1. The van der Waals surface area contributed by atoms with Crippen molar-refractivity contribution in [1.82, 2.24) is 0 Å². The first-order valence-corrected chi connectivity index (χ1v) is 7.82. The lowest BCUT2D eigenvalue weighted by Crippen LogP contribution is -2.28. The van der Waals surface area contributed by atoms with Crippen molar-refractivity contribution in [1.29, 1.82) is 0 Å². The highest BCUT2D eigenvalue weighted by atomic mass is 79.9. The van der Waals surface area contributed by atoms with Crippen molar-refractivity contribution in [3.63, 3.8) is 0 Å². The number of rotatable bonds is 6. The van der Waals surface area contributed by atoms with E-state index < -0.39 is 6.10 Å². The smallest absolute Gasteiger partial charge is 0.0945 e. The molecule has 0 bridgehead atoms. The molecule has 0 spiro atoms. The molecule has 0 heterocycles. The Hall–Kier alpha value is -0.580. The largest absolute Gasteiger partial charge is 0.389 e. The molecule has 1 atom stereocenters. The van der Waals surface area contributed by atoms with Gasteiger partial charge in [-0.3, -0.25) is 0 Å². The van der Waals surface area contributed by atoms with E-state index in [1.807, 2.05) is 24.3 Å². The molecule has 19 heavy (non-hydrogen) atoms. The van der Waals surface area contributed by atoms with Crippen LogP contribution < -0.4 is 5.32 Å². The number of hydrogen-bond acceptors (Lipinski definition) is 3. The fourth-order valence-electron chi connectivity index (χ4n) is 2.37. The number of nitrogens with one attached hydrogen (secondary N) is 1. The summed E-state index contributed by atoms with van der Waals surface area (Å²) in [7, 11) is 0. The van der Waals surface area contributed by atoms with Gasteiger partial charge in [-0.2, -0.15) is 0 Å². The summed E-state index contributed by atoms with van der Waals surface area (Å²) in [6.45, 7) is 0.939. The van der Waals surface area contributed by atoms with Crippen molar-refractivity contribution in [2.45, 2.75) is 44.3 Å². The Kier molecular flexibility index (Phi) is 6.14. The van der Waals surface area contributed by atoms with Crippen LogP contribution in [0, 0.1) is 0 Å². The summed E-state index contributed by atoms with van der Waals surface area (Å²) >= 11 is 3.42. The van der Waals surface area contributed by atoms with Crippen LogP contribution in [0.25, 0.3) is 0 Å². The molecule has 0 saturated heterocycles. The third-order valence-corrected chi connectivity index (χ3v) is 3.94. The molecule has 0 amide bonds. The second kappa shape index (κ2) is 7.88. The van der Waals surface area contributed by atoms with Gasteiger partial charge in [-0.05, 0) is 31.0 Å². The molecule has 2 rings (SSSR count). The molecule has 0 aliphatic heterocycles. The maximum atomic E-state index is 9.91. The van der Waals surface area contributed by atoms with E-state index in [1.54, 1.807) is 0 Å². The van der Waals surface area contributed by atoms with E-state index in [2.05, 4.69) is 21.2 Å². The molecule has 3 nitrogen and oxygen atoms in total. The van der Waals surface area contributed by atoms with Gasteiger partial charge in [0.2, 0.25) is 0 Å². The molecule has 1 unspecified atom stereocenters. The second-order valence-electron chi connectivity index (χ2n) is 5.14. The van der Waals surface area contributed by atoms with E-state index in [-0.39, 0.29) is 0 Å². The minimum atomic E-state index is -0.457. The zero-order valence-corrected chi connectivity index (χ0v) is 12.7. The van der Waals surface area contributed by atoms with Crippen molar-refractivity contribution in [3.05, 3.63) is 28.7 Å². The fraction of sp³-hybridized carbons (Fsp3) is 0.600. The molecular weight excluding hydrogens is 306 g/mol. The summed E-state index contributed by atoms with van der Waals surface area (Å²) < 4.78 is 6.79. The van der Waals surface area contributed by atoms with Crippen molar-refractivity contribution < 1.29 is 9.84 Å². The molecule has 1 aliphatic carbocycles. The molecule has 0 radical (unpaired) electrons. The van der Waals surface area contributed by atoms with Gasteiger partial charge < -0.3 is 15.2 Å². The van der Waals surface area contributed by atoms with Crippen LogP contribution in [0.3, 0.4) is 0 Å². The van der Waals surface area contributed by atoms with Crippen LogP contribution in [0.4, 0.5) is 5.69 Å². The summed E-state index contributed by atoms with van der Waals surface area (Å²) in [5, 5.41) is 13.1. The lowest BCUT2D eigenvalue weighted by Gasteiger charge is -2.23. The molecule has 1 aliphatic rings. The molecule has 1 saturated carbocycles. The van der Waals surface area contributed by atoms with Gasteiger partial charge in [0.05, 0.1) is 18.8 Å². The van der Waals surface area contributed by atoms with E-state index in [9.17, 15) is 5.11 Å². The molecule has 0 aromatic heterocycles. The number of hydrogen-bond donors (Lipinski definition) is 2. The summed E-state index contributed by atoms with van der Waals surface area (Å²) in [5.41, 5.74) is 1.01. The van der Waals surface area contributed by atoms with Gasteiger partial charge in [0.25, 0.3) is 0 Å². The third kappa shape index (κ3) is 5.51. The predicted octanol–water partition coefficient (Wildman–Crippen LogP) is 3.57. The Balaban J connectivity index is 1.65. The van der Waals surface area contributed by atoms with Crippen LogP contribution in [-0.4, -0.2) is 30.5 Å². The van der Waals surface area contributed by atoms with Crippen LogP contribution in [0.15, 0.2) is 28.7 Å². The lowest BCUT2D eigenvalue weighted by atomic mass is 9.98. The number of benzene rings is 1. The maximum absolute atomic E-state index is 9.91. The van der Waals surface area contributed by atoms with Gasteiger partial charge in [-0.1, -0.05) is 41.3 Å². The molecule has 1 aromatic rings. The monoisotopic (exact) mass is 327 g/mol. The van der Waals surface area contributed by atoms with Crippen LogP contribution >= 0.6 is 15.9 Å². The van der Waals surface area contributed by atoms with E-state index in [1.165, 1.54) is 19.3 Å². The van der Waals surface area contributed by atoms with Crippen molar-refractivity contribution in [3.8, 4) is 0 Å². The molecule has 1 fully saturated rings. The van der Waals surface area contributed by atoms with E-state index >= 15 is 0 Å². The van der Waals surface area contributed by atoms with E-state index in [0.29, 0.717) is 19.3 Å². The SMILES string of the molecule is OC(CNc1cccc(Br)c1)COC1CCCCC1. The normalized spacial score (nSPS) is 18.2. The summed E-state index contributed by atoms with van der Waals surface area (Å²) in [6, 6.07) is 7.93. The van der Waals surface area contributed by atoms with Gasteiger partial charge in [0.15, 0.2) is 0 Å². The van der Waals surface area contributed by atoms with Crippen LogP contribution in [0.2, 0.25) is 0 Å². The quantitative estimate of drug-likeness (QED) is 0.839. The number of aliphatic hydroxyl groups is 1.